The summed E-state index contributed by atoms with van der Waals surface area (Å²) in [5.74, 6) is -1.17. The summed E-state index contributed by atoms with van der Waals surface area (Å²) in [7, 11) is 0. The fraction of sp³-hybridized carbons (Fsp3) is 0.182. The highest BCUT2D eigenvalue weighted by molar-refractivity contribution is 9.10. The molecule has 1 aliphatic carbocycles. The second kappa shape index (κ2) is 8.39. The molecule has 2 N–H and O–H groups in total. The summed E-state index contributed by atoms with van der Waals surface area (Å²) in [6.07, 6.45) is -0.537. The van der Waals surface area contributed by atoms with Gasteiger partial charge in [0.1, 0.15) is 12.6 Å². The number of carbonyl (C=O) groups is 2. The van der Waals surface area contributed by atoms with Crippen LogP contribution < -0.4 is 5.32 Å². The van der Waals surface area contributed by atoms with E-state index in [1.165, 1.54) is 11.3 Å². The number of rotatable bonds is 6. The highest BCUT2D eigenvalue weighted by Crippen LogP contribution is 2.44. The van der Waals surface area contributed by atoms with Gasteiger partial charge in [-0.1, -0.05) is 48.5 Å². The third-order valence-electron chi connectivity index (χ3n) is 5.01. The van der Waals surface area contributed by atoms with Crippen molar-refractivity contribution in [3.05, 3.63) is 80.5 Å². The number of carboxylic acids is 1. The first-order valence-electron chi connectivity index (χ1n) is 9.10. The first kappa shape index (κ1) is 19.7. The Hall–Kier alpha value is -2.64. The summed E-state index contributed by atoms with van der Waals surface area (Å²) < 4.78 is 6.28. The van der Waals surface area contributed by atoms with Crippen molar-refractivity contribution in [2.24, 2.45) is 0 Å². The minimum atomic E-state index is -1.10. The number of carbonyl (C=O) groups excluding carboxylic acids is 1. The topological polar surface area (TPSA) is 75.6 Å². The number of carboxylic acid groups (broad SMARTS) is 1. The Morgan fingerprint density at radius 3 is 2.24 bits per heavy atom. The second-order valence-electron chi connectivity index (χ2n) is 6.76. The molecule has 0 aliphatic heterocycles. The maximum absolute atomic E-state index is 12.3. The maximum Gasteiger partial charge on any atom is 0.407 e. The molecule has 2 aromatic carbocycles. The molecule has 1 heterocycles. The lowest BCUT2D eigenvalue weighted by Crippen LogP contribution is -2.42. The van der Waals surface area contributed by atoms with Crippen molar-refractivity contribution in [3.8, 4) is 11.1 Å². The van der Waals surface area contributed by atoms with Crippen molar-refractivity contribution in [2.75, 3.05) is 6.61 Å². The molecular weight excluding hydrogens is 454 g/mol. The van der Waals surface area contributed by atoms with Crippen molar-refractivity contribution in [1.82, 2.24) is 5.32 Å². The molecule has 0 radical (unpaired) electrons. The zero-order valence-electron chi connectivity index (χ0n) is 15.3. The van der Waals surface area contributed by atoms with Gasteiger partial charge in [0.25, 0.3) is 0 Å². The monoisotopic (exact) mass is 471 g/mol. The number of halogens is 1. The lowest BCUT2D eigenvalue weighted by molar-refractivity contribution is -0.139. The van der Waals surface area contributed by atoms with Crippen LogP contribution in [0.15, 0.2) is 64.5 Å². The molecule has 0 spiro atoms. The molecule has 0 saturated heterocycles. The summed E-state index contributed by atoms with van der Waals surface area (Å²) in [6.45, 7) is 0.148. The van der Waals surface area contributed by atoms with Crippen LogP contribution in [-0.2, 0) is 16.0 Å². The van der Waals surface area contributed by atoms with Crippen molar-refractivity contribution in [2.45, 2.75) is 18.4 Å². The minimum Gasteiger partial charge on any atom is -0.480 e. The molecule has 7 heteroatoms. The molecule has 0 bridgehead atoms. The van der Waals surface area contributed by atoms with E-state index in [0.717, 1.165) is 31.6 Å². The average Bonchev–Trinajstić information content (AvgIpc) is 3.27. The first-order chi connectivity index (χ1) is 14.0. The maximum atomic E-state index is 12.3. The molecule has 0 saturated carbocycles. The lowest BCUT2D eigenvalue weighted by atomic mass is 9.98. The predicted molar refractivity (Wildman–Crippen MR) is 115 cm³/mol. The summed E-state index contributed by atoms with van der Waals surface area (Å²) in [4.78, 5) is 24.8. The van der Waals surface area contributed by atoms with E-state index in [9.17, 15) is 14.7 Å². The Bertz CT molecular complexity index is 1020. The molecule has 4 rings (SSSR count). The zero-order valence-corrected chi connectivity index (χ0v) is 17.7. The molecule has 0 fully saturated rings. The number of amides is 1. The standard InChI is InChI=1S/C22H18BrNO4S/c23-18-9-10-29-20(18)11-19(21(25)26)24-22(27)28-12-17-15-7-3-1-5-13(15)14-6-2-4-8-16(14)17/h1-10,17,19H,11-12H2,(H,24,27)(H,25,26). The van der Waals surface area contributed by atoms with Crippen molar-refractivity contribution >= 4 is 39.3 Å². The number of ether oxygens (including phenoxy) is 1. The Balaban J connectivity index is 1.44. The number of aliphatic carboxylic acids is 1. The van der Waals surface area contributed by atoms with Crippen molar-refractivity contribution in [3.63, 3.8) is 0 Å². The third kappa shape index (κ3) is 4.06. The first-order valence-corrected chi connectivity index (χ1v) is 10.8. The lowest BCUT2D eigenvalue weighted by Gasteiger charge is -2.17. The number of alkyl carbamates (subject to hydrolysis) is 1. The largest absolute Gasteiger partial charge is 0.480 e. The van der Waals surface area contributed by atoms with Gasteiger partial charge >= 0.3 is 12.1 Å². The number of nitrogens with one attached hydrogen (secondary N) is 1. The normalized spacial score (nSPS) is 13.4. The van der Waals surface area contributed by atoms with E-state index < -0.39 is 18.1 Å². The van der Waals surface area contributed by atoms with Crippen LogP contribution in [0.2, 0.25) is 0 Å². The zero-order chi connectivity index (χ0) is 20.4. The molecule has 1 atom stereocenters. The van der Waals surface area contributed by atoms with Crippen LogP contribution in [0, 0.1) is 0 Å². The van der Waals surface area contributed by atoms with Crippen LogP contribution in [0.25, 0.3) is 11.1 Å². The van der Waals surface area contributed by atoms with Crippen LogP contribution in [0.4, 0.5) is 4.79 Å². The molecule has 1 aliphatic rings. The van der Waals surface area contributed by atoms with E-state index >= 15 is 0 Å². The summed E-state index contributed by atoms with van der Waals surface area (Å²) in [5.41, 5.74) is 4.50. The Kier molecular flexibility index (Phi) is 5.69. The Morgan fingerprint density at radius 2 is 1.69 bits per heavy atom. The average molecular weight is 472 g/mol. The van der Waals surface area contributed by atoms with E-state index in [0.29, 0.717) is 0 Å². The van der Waals surface area contributed by atoms with Crippen LogP contribution in [0.5, 0.6) is 0 Å². The Morgan fingerprint density at radius 1 is 1.07 bits per heavy atom. The predicted octanol–water partition coefficient (Wildman–Crippen LogP) is 5.05. The minimum absolute atomic E-state index is 0.0668. The quantitative estimate of drug-likeness (QED) is 0.527. The molecule has 29 heavy (non-hydrogen) atoms. The third-order valence-corrected chi connectivity index (χ3v) is 6.96. The molecule has 1 aromatic heterocycles. The van der Waals surface area contributed by atoms with Crippen LogP contribution in [-0.4, -0.2) is 29.8 Å². The second-order valence-corrected chi connectivity index (χ2v) is 8.61. The van der Waals surface area contributed by atoms with Crippen LogP contribution >= 0.6 is 27.3 Å². The molecule has 1 unspecified atom stereocenters. The highest BCUT2D eigenvalue weighted by Gasteiger charge is 2.30. The van der Waals surface area contributed by atoms with Gasteiger partial charge in [-0.25, -0.2) is 9.59 Å². The number of thiophene rings is 1. The summed E-state index contributed by atoms with van der Waals surface area (Å²) >= 11 is 4.83. The molecule has 3 aromatic rings. The smallest absolute Gasteiger partial charge is 0.407 e. The van der Waals surface area contributed by atoms with Gasteiger partial charge in [-0.15, -0.1) is 11.3 Å². The van der Waals surface area contributed by atoms with E-state index in [-0.39, 0.29) is 18.9 Å². The highest BCUT2D eigenvalue weighted by atomic mass is 79.9. The SMILES string of the molecule is O=C(NC(Cc1sccc1Br)C(=O)O)OCC1c2ccccc2-c2ccccc21. The Labute approximate surface area is 180 Å². The van der Waals surface area contributed by atoms with Gasteiger partial charge in [-0.2, -0.15) is 0 Å². The number of fused-ring (bicyclic) bond motifs is 3. The van der Waals surface area contributed by atoms with E-state index in [1.807, 2.05) is 47.8 Å². The van der Waals surface area contributed by atoms with Crippen LogP contribution in [0.1, 0.15) is 21.9 Å². The fourth-order valence-electron chi connectivity index (χ4n) is 3.64. The van der Waals surface area contributed by atoms with Gasteiger partial charge in [0, 0.05) is 21.7 Å². The van der Waals surface area contributed by atoms with E-state index in [4.69, 9.17) is 4.74 Å². The van der Waals surface area contributed by atoms with Gasteiger partial charge < -0.3 is 15.2 Å². The van der Waals surface area contributed by atoms with Gasteiger partial charge in [-0.05, 0) is 49.6 Å². The molecular formula is C22H18BrNO4S. The van der Waals surface area contributed by atoms with Gasteiger partial charge in [-0.3, -0.25) is 0 Å². The number of hydrogen-bond acceptors (Lipinski definition) is 4. The molecule has 5 nitrogen and oxygen atoms in total. The molecule has 1 amide bonds. The molecule has 148 valence electrons. The summed E-state index contributed by atoms with van der Waals surface area (Å²) in [6, 6.07) is 16.9. The van der Waals surface area contributed by atoms with Gasteiger partial charge in [0.2, 0.25) is 0 Å². The van der Waals surface area contributed by atoms with E-state index in [1.54, 1.807) is 0 Å². The summed E-state index contributed by atoms with van der Waals surface area (Å²) in [5, 5.41) is 13.8. The number of benzene rings is 2. The van der Waals surface area contributed by atoms with Gasteiger partial charge in [0.05, 0.1) is 0 Å². The fourth-order valence-corrected chi connectivity index (χ4v) is 5.20. The van der Waals surface area contributed by atoms with Crippen molar-refractivity contribution in [1.29, 1.82) is 0 Å². The van der Waals surface area contributed by atoms with Crippen molar-refractivity contribution < 1.29 is 19.4 Å². The van der Waals surface area contributed by atoms with Gasteiger partial charge in [0.15, 0.2) is 0 Å². The van der Waals surface area contributed by atoms with Crippen LogP contribution in [0.3, 0.4) is 0 Å². The number of hydrogen-bond donors (Lipinski definition) is 2. The van der Waals surface area contributed by atoms with E-state index in [2.05, 4.69) is 33.4 Å².